The minimum atomic E-state index is -0.830. The van der Waals surface area contributed by atoms with Gasteiger partial charge in [-0.25, -0.2) is 0 Å². The topological polar surface area (TPSA) is 52.6 Å². The number of carbonyl (C=O) groups is 1. The number of aliphatic hydroxyl groups excluding tert-OH is 1. The van der Waals surface area contributed by atoms with Gasteiger partial charge >= 0.3 is 0 Å². The number of amides is 1. The molecule has 1 saturated heterocycles. The molecule has 0 unspecified atom stereocenters. The third kappa shape index (κ3) is 5.54. The van der Waals surface area contributed by atoms with Crippen molar-refractivity contribution < 1.29 is 9.90 Å². The average Bonchev–Trinajstić information content (AvgIpc) is 2.75. The maximum Gasteiger partial charge on any atom is 0.249 e. The molecule has 1 saturated carbocycles. The van der Waals surface area contributed by atoms with Crippen LogP contribution >= 0.6 is 0 Å². The van der Waals surface area contributed by atoms with Crippen LogP contribution in [0, 0.1) is 5.92 Å². The molecule has 128 valence electrons. The number of likely N-dealkylation sites (tertiary alicyclic amines) is 1. The van der Waals surface area contributed by atoms with Crippen LogP contribution in [0.1, 0.15) is 71.6 Å². The summed E-state index contributed by atoms with van der Waals surface area (Å²) in [6.07, 6.45) is 9.84. The molecule has 2 rings (SSSR count). The Kier molecular flexibility index (Phi) is 6.69. The predicted molar refractivity (Wildman–Crippen MR) is 89.7 cm³/mol. The van der Waals surface area contributed by atoms with Gasteiger partial charge in [0.15, 0.2) is 0 Å². The maximum absolute atomic E-state index is 12.4. The largest absolute Gasteiger partial charge is 0.383 e. The van der Waals surface area contributed by atoms with E-state index in [2.05, 4.69) is 24.1 Å². The second-order valence-electron chi connectivity index (χ2n) is 7.91. The van der Waals surface area contributed by atoms with E-state index in [0.29, 0.717) is 0 Å². The van der Waals surface area contributed by atoms with E-state index in [0.717, 1.165) is 45.3 Å². The lowest BCUT2D eigenvalue weighted by atomic mass is 9.84. The molecule has 4 heteroatoms. The summed E-state index contributed by atoms with van der Waals surface area (Å²) in [5.74, 6) is -0.0190. The molecule has 0 aromatic rings. The van der Waals surface area contributed by atoms with Crippen molar-refractivity contribution in [3.63, 3.8) is 0 Å². The first-order valence-electron chi connectivity index (χ1n) is 9.20. The molecule has 22 heavy (non-hydrogen) atoms. The fraction of sp³-hybridized carbons (Fsp3) is 0.944. The van der Waals surface area contributed by atoms with Crippen LogP contribution in [0.2, 0.25) is 0 Å². The van der Waals surface area contributed by atoms with Gasteiger partial charge in [0, 0.05) is 12.1 Å². The zero-order valence-corrected chi connectivity index (χ0v) is 14.4. The monoisotopic (exact) mass is 310 g/mol. The summed E-state index contributed by atoms with van der Waals surface area (Å²) in [6.45, 7) is 7.28. The van der Waals surface area contributed by atoms with Crippen molar-refractivity contribution in [3.05, 3.63) is 0 Å². The van der Waals surface area contributed by atoms with Crippen LogP contribution in [0.25, 0.3) is 0 Å². The summed E-state index contributed by atoms with van der Waals surface area (Å²) >= 11 is 0. The van der Waals surface area contributed by atoms with Gasteiger partial charge in [-0.1, -0.05) is 32.1 Å². The number of rotatable bonds is 5. The third-order valence-corrected chi connectivity index (χ3v) is 5.14. The summed E-state index contributed by atoms with van der Waals surface area (Å²) in [4.78, 5) is 14.8. The van der Waals surface area contributed by atoms with Gasteiger partial charge in [-0.2, -0.15) is 0 Å². The molecule has 0 aromatic heterocycles. The van der Waals surface area contributed by atoms with Gasteiger partial charge in [-0.05, 0) is 58.5 Å². The zero-order valence-electron chi connectivity index (χ0n) is 14.4. The van der Waals surface area contributed by atoms with Crippen molar-refractivity contribution in [1.29, 1.82) is 0 Å². The SMILES string of the molecule is CC(C)(CN1CCCCCC1)NC(=O)[C@H](O)C1CCCCC1. The molecule has 1 amide bonds. The first-order valence-corrected chi connectivity index (χ1v) is 9.20. The standard InChI is InChI=1S/C18H34N2O2/c1-18(2,14-20-12-8-3-4-9-13-20)19-17(22)16(21)15-10-6-5-7-11-15/h15-16,21H,3-14H2,1-2H3,(H,19,22)/t16-/m1/s1. The van der Waals surface area contributed by atoms with E-state index in [1.54, 1.807) is 0 Å². The molecule has 1 aliphatic carbocycles. The second-order valence-corrected chi connectivity index (χ2v) is 7.91. The first kappa shape index (κ1) is 17.7. The molecule has 1 atom stereocenters. The highest BCUT2D eigenvalue weighted by molar-refractivity contribution is 5.81. The van der Waals surface area contributed by atoms with Crippen LogP contribution in [-0.4, -0.2) is 47.2 Å². The molecule has 0 bridgehead atoms. The minimum Gasteiger partial charge on any atom is -0.383 e. The lowest BCUT2D eigenvalue weighted by molar-refractivity contribution is -0.134. The molecule has 1 aliphatic heterocycles. The second kappa shape index (κ2) is 8.30. The van der Waals surface area contributed by atoms with Crippen molar-refractivity contribution in [3.8, 4) is 0 Å². The molecule has 2 N–H and O–H groups in total. The Hall–Kier alpha value is -0.610. The van der Waals surface area contributed by atoms with Gasteiger partial charge in [0.25, 0.3) is 0 Å². The van der Waals surface area contributed by atoms with E-state index in [4.69, 9.17) is 0 Å². The Bertz CT molecular complexity index is 343. The molecule has 0 aromatic carbocycles. The van der Waals surface area contributed by atoms with Crippen molar-refractivity contribution >= 4 is 5.91 Å². The number of hydrogen-bond acceptors (Lipinski definition) is 3. The number of hydrogen-bond donors (Lipinski definition) is 2. The van der Waals surface area contributed by atoms with Crippen molar-refractivity contribution in [2.45, 2.75) is 83.3 Å². The summed E-state index contributed by atoms with van der Waals surface area (Å²) in [7, 11) is 0. The van der Waals surface area contributed by atoms with Crippen LogP contribution in [0.15, 0.2) is 0 Å². The van der Waals surface area contributed by atoms with E-state index in [9.17, 15) is 9.90 Å². The fourth-order valence-electron chi connectivity index (χ4n) is 3.96. The van der Waals surface area contributed by atoms with Gasteiger partial charge in [0.1, 0.15) is 6.10 Å². The number of nitrogens with zero attached hydrogens (tertiary/aromatic N) is 1. The van der Waals surface area contributed by atoms with Crippen molar-refractivity contribution in [1.82, 2.24) is 10.2 Å². The number of carbonyl (C=O) groups excluding carboxylic acids is 1. The first-order chi connectivity index (χ1) is 10.5. The number of aliphatic hydroxyl groups is 1. The molecular formula is C18H34N2O2. The zero-order chi connectivity index (χ0) is 16.0. The van der Waals surface area contributed by atoms with E-state index in [1.807, 2.05) is 0 Å². The van der Waals surface area contributed by atoms with Gasteiger partial charge in [0.2, 0.25) is 5.91 Å². The van der Waals surface area contributed by atoms with Crippen LogP contribution in [0.3, 0.4) is 0 Å². The predicted octanol–water partition coefficient (Wildman–Crippen LogP) is 2.70. The molecule has 2 aliphatic rings. The Balaban J connectivity index is 1.82. The number of nitrogens with one attached hydrogen (secondary N) is 1. The highest BCUT2D eigenvalue weighted by Gasteiger charge is 2.31. The lowest BCUT2D eigenvalue weighted by Crippen LogP contribution is -2.55. The molecule has 4 nitrogen and oxygen atoms in total. The Morgan fingerprint density at radius 2 is 1.64 bits per heavy atom. The van der Waals surface area contributed by atoms with Crippen molar-refractivity contribution in [2.24, 2.45) is 5.92 Å². The molecule has 2 fully saturated rings. The highest BCUT2D eigenvalue weighted by Crippen LogP contribution is 2.27. The minimum absolute atomic E-state index is 0.155. The van der Waals surface area contributed by atoms with E-state index >= 15 is 0 Å². The summed E-state index contributed by atoms with van der Waals surface area (Å²) < 4.78 is 0. The Labute approximate surface area is 135 Å². The van der Waals surface area contributed by atoms with E-state index in [-0.39, 0.29) is 17.4 Å². The van der Waals surface area contributed by atoms with Gasteiger partial charge < -0.3 is 15.3 Å². The highest BCUT2D eigenvalue weighted by atomic mass is 16.3. The summed E-state index contributed by atoms with van der Waals surface area (Å²) in [5, 5.41) is 13.4. The Morgan fingerprint density at radius 1 is 1.09 bits per heavy atom. The normalized spacial score (nSPS) is 23.8. The summed E-state index contributed by atoms with van der Waals surface area (Å²) in [5.41, 5.74) is -0.281. The van der Waals surface area contributed by atoms with Crippen LogP contribution < -0.4 is 5.32 Å². The third-order valence-electron chi connectivity index (χ3n) is 5.14. The molecule has 1 heterocycles. The smallest absolute Gasteiger partial charge is 0.249 e. The maximum atomic E-state index is 12.4. The average molecular weight is 310 g/mol. The van der Waals surface area contributed by atoms with Crippen LogP contribution in [0.4, 0.5) is 0 Å². The molecule has 0 spiro atoms. The van der Waals surface area contributed by atoms with E-state index < -0.39 is 6.10 Å². The molecule has 0 radical (unpaired) electrons. The van der Waals surface area contributed by atoms with Gasteiger partial charge in [-0.15, -0.1) is 0 Å². The van der Waals surface area contributed by atoms with Gasteiger partial charge in [-0.3, -0.25) is 4.79 Å². The van der Waals surface area contributed by atoms with Crippen LogP contribution in [-0.2, 0) is 4.79 Å². The Morgan fingerprint density at radius 3 is 2.23 bits per heavy atom. The van der Waals surface area contributed by atoms with Gasteiger partial charge in [0.05, 0.1) is 0 Å². The van der Waals surface area contributed by atoms with E-state index in [1.165, 1.54) is 32.1 Å². The quantitative estimate of drug-likeness (QED) is 0.821. The lowest BCUT2D eigenvalue weighted by Gasteiger charge is -2.35. The van der Waals surface area contributed by atoms with Crippen molar-refractivity contribution in [2.75, 3.05) is 19.6 Å². The fourth-order valence-corrected chi connectivity index (χ4v) is 3.96. The summed E-state index contributed by atoms with van der Waals surface area (Å²) in [6, 6.07) is 0. The van der Waals surface area contributed by atoms with Crippen LogP contribution in [0.5, 0.6) is 0 Å². The molecular weight excluding hydrogens is 276 g/mol.